The molecule has 0 aromatic heterocycles. The van der Waals surface area contributed by atoms with Gasteiger partial charge in [0.2, 0.25) is 0 Å². The average Bonchev–Trinajstić information content (AvgIpc) is 3.15. The molecule has 5 heteroatoms. The molecule has 24 heavy (non-hydrogen) atoms. The van der Waals surface area contributed by atoms with Crippen LogP contribution in [0.4, 0.5) is 0 Å². The number of hydrogen-bond acceptors (Lipinski definition) is 3. The Morgan fingerprint density at radius 1 is 1.25 bits per heavy atom. The Morgan fingerprint density at radius 3 is 2.83 bits per heavy atom. The summed E-state index contributed by atoms with van der Waals surface area (Å²) in [5, 5.41) is 3.43. The molecule has 1 N–H and O–H groups in total. The number of nitrogens with one attached hydrogen (secondary N) is 1. The Morgan fingerprint density at radius 2 is 2.08 bits per heavy atom. The Balaban J connectivity index is 1.67. The third-order valence-electron chi connectivity index (χ3n) is 4.77. The van der Waals surface area contributed by atoms with Crippen LogP contribution in [0, 0.1) is 6.92 Å². The van der Waals surface area contributed by atoms with E-state index in [1.165, 1.54) is 11.1 Å². The second-order valence-electron chi connectivity index (χ2n) is 6.50. The van der Waals surface area contributed by atoms with Gasteiger partial charge in [-0.2, -0.15) is 0 Å². The van der Waals surface area contributed by atoms with Crippen LogP contribution in [0.25, 0.3) is 0 Å². The van der Waals surface area contributed by atoms with Crippen molar-refractivity contribution in [2.45, 2.75) is 45.4 Å². The third kappa shape index (κ3) is 4.28. The lowest BCUT2D eigenvalue weighted by atomic mass is 10.1. The normalized spacial score (nSPS) is 25.1. The molecule has 2 aliphatic rings. The van der Waals surface area contributed by atoms with E-state index in [4.69, 9.17) is 14.5 Å². The fraction of sp³-hybridized carbons (Fsp3) is 0.632. The topological polar surface area (TPSA) is 46.1 Å². The number of aliphatic imine (C=N–C) groups is 1. The van der Waals surface area contributed by atoms with Crippen molar-refractivity contribution in [1.82, 2.24) is 10.2 Å². The summed E-state index contributed by atoms with van der Waals surface area (Å²) >= 11 is 0. The van der Waals surface area contributed by atoms with Crippen molar-refractivity contribution >= 4 is 5.96 Å². The Hall–Kier alpha value is -1.59. The van der Waals surface area contributed by atoms with Gasteiger partial charge in [0.25, 0.3) is 0 Å². The first-order chi connectivity index (χ1) is 11.8. The highest BCUT2D eigenvalue weighted by Crippen LogP contribution is 2.21. The first-order valence-electron chi connectivity index (χ1n) is 9.09. The van der Waals surface area contributed by atoms with Gasteiger partial charge < -0.3 is 19.7 Å². The van der Waals surface area contributed by atoms with E-state index in [1.54, 1.807) is 0 Å². The van der Waals surface area contributed by atoms with Crippen LogP contribution in [0.3, 0.4) is 0 Å². The van der Waals surface area contributed by atoms with Gasteiger partial charge in [0.05, 0.1) is 19.3 Å². The minimum absolute atomic E-state index is 0.156. The van der Waals surface area contributed by atoms with Crippen LogP contribution < -0.4 is 5.32 Å². The van der Waals surface area contributed by atoms with Crippen LogP contribution in [0.5, 0.6) is 0 Å². The van der Waals surface area contributed by atoms with Gasteiger partial charge in [0.1, 0.15) is 6.10 Å². The summed E-state index contributed by atoms with van der Waals surface area (Å²) in [6.07, 6.45) is 2.65. The van der Waals surface area contributed by atoms with Gasteiger partial charge in [-0.05, 0) is 37.8 Å². The number of benzene rings is 1. The van der Waals surface area contributed by atoms with Crippen LogP contribution in [0.15, 0.2) is 29.3 Å². The first kappa shape index (κ1) is 17.2. The second kappa shape index (κ2) is 8.49. The van der Waals surface area contributed by atoms with Crippen molar-refractivity contribution in [2.75, 3.05) is 32.8 Å². The van der Waals surface area contributed by atoms with Gasteiger partial charge in [-0.3, -0.25) is 0 Å². The zero-order chi connectivity index (χ0) is 16.8. The molecule has 132 valence electrons. The number of nitrogens with zero attached hydrogens (tertiary/aromatic N) is 2. The van der Waals surface area contributed by atoms with Gasteiger partial charge in [-0.15, -0.1) is 0 Å². The predicted octanol–water partition coefficient (Wildman–Crippen LogP) is 2.34. The van der Waals surface area contributed by atoms with E-state index in [1.807, 2.05) is 0 Å². The molecular formula is C19H29N3O2. The van der Waals surface area contributed by atoms with Crippen molar-refractivity contribution < 1.29 is 9.47 Å². The molecule has 2 fully saturated rings. The van der Waals surface area contributed by atoms with E-state index >= 15 is 0 Å². The lowest BCUT2D eigenvalue weighted by molar-refractivity contribution is -0.0817. The molecule has 0 aliphatic carbocycles. The van der Waals surface area contributed by atoms with Crippen LogP contribution in [0.2, 0.25) is 0 Å². The molecule has 0 radical (unpaired) electrons. The lowest BCUT2D eigenvalue weighted by Crippen LogP contribution is -2.53. The quantitative estimate of drug-likeness (QED) is 0.679. The van der Waals surface area contributed by atoms with Gasteiger partial charge in [0, 0.05) is 26.2 Å². The van der Waals surface area contributed by atoms with E-state index in [2.05, 4.69) is 48.3 Å². The molecule has 0 amide bonds. The summed E-state index contributed by atoms with van der Waals surface area (Å²) in [5.74, 6) is 0.979. The minimum atomic E-state index is 0.156. The highest BCUT2D eigenvalue weighted by Gasteiger charge is 2.32. The molecule has 2 aliphatic heterocycles. The molecule has 3 rings (SSSR count). The van der Waals surface area contributed by atoms with E-state index in [-0.39, 0.29) is 12.2 Å². The van der Waals surface area contributed by atoms with E-state index in [0.717, 1.165) is 51.6 Å². The molecule has 2 heterocycles. The maximum absolute atomic E-state index is 5.95. The van der Waals surface area contributed by atoms with Crippen LogP contribution in [-0.4, -0.2) is 55.9 Å². The maximum Gasteiger partial charge on any atom is 0.194 e. The fourth-order valence-electron chi connectivity index (χ4n) is 3.36. The smallest absolute Gasteiger partial charge is 0.194 e. The molecule has 0 bridgehead atoms. The summed E-state index contributed by atoms with van der Waals surface area (Å²) in [4.78, 5) is 7.18. The summed E-state index contributed by atoms with van der Waals surface area (Å²) < 4.78 is 11.8. The van der Waals surface area contributed by atoms with Gasteiger partial charge in [-0.25, -0.2) is 4.99 Å². The van der Waals surface area contributed by atoms with E-state index in [9.17, 15) is 0 Å². The molecule has 1 aromatic rings. The summed E-state index contributed by atoms with van der Waals surface area (Å²) in [6, 6.07) is 8.44. The summed E-state index contributed by atoms with van der Waals surface area (Å²) in [6.45, 7) is 9.16. The van der Waals surface area contributed by atoms with Crippen molar-refractivity contribution in [2.24, 2.45) is 4.99 Å². The molecule has 2 atom stereocenters. The Kier molecular flexibility index (Phi) is 6.10. The Labute approximate surface area is 145 Å². The number of rotatable bonds is 4. The number of ether oxygens (including phenoxy) is 2. The maximum atomic E-state index is 5.95. The monoisotopic (exact) mass is 331 g/mol. The van der Waals surface area contributed by atoms with Crippen LogP contribution in [-0.2, 0) is 16.0 Å². The number of hydrogen-bond donors (Lipinski definition) is 1. The zero-order valence-electron chi connectivity index (χ0n) is 14.8. The number of morpholine rings is 1. The van der Waals surface area contributed by atoms with Crippen molar-refractivity contribution in [3.63, 3.8) is 0 Å². The van der Waals surface area contributed by atoms with Crippen molar-refractivity contribution in [1.29, 1.82) is 0 Å². The van der Waals surface area contributed by atoms with E-state index < -0.39 is 0 Å². The number of aryl methyl sites for hydroxylation is 1. The zero-order valence-corrected chi connectivity index (χ0v) is 14.8. The van der Waals surface area contributed by atoms with E-state index in [0.29, 0.717) is 6.54 Å². The first-order valence-corrected chi connectivity index (χ1v) is 9.09. The fourth-order valence-corrected chi connectivity index (χ4v) is 3.36. The van der Waals surface area contributed by atoms with Gasteiger partial charge >= 0.3 is 0 Å². The van der Waals surface area contributed by atoms with Gasteiger partial charge in [0.15, 0.2) is 5.96 Å². The van der Waals surface area contributed by atoms with Crippen LogP contribution in [0.1, 0.15) is 30.9 Å². The summed E-state index contributed by atoms with van der Waals surface area (Å²) in [7, 11) is 0. The Bertz CT molecular complexity index is 555. The minimum Gasteiger partial charge on any atom is -0.375 e. The molecule has 2 unspecified atom stereocenters. The standard InChI is InChI=1S/C19H29N3O2/c1-3-20-19(21-13-16-8-5-4-7-15(16)2)22-10-12-24-18(14-22)17-9-6-11-23-17/h4-5,7-8,17-18H,3,6,9-14H2,1-2H3,(H,20,21). The summed E-state index contributed by atoms with van der Waals surface area (Å²) in [5.41, 5.74) is 2.56. The van der Waals surface area contributed by atoms with Crippen LogP contribution >= 0.6 is 0 Å². The molecular weight excluding hydrogens is 302 g/mol. The molecule has 5 nitrogen and oxygen atoms in total. The highest BCUT2D eigenvalue weighted by atomic mass is 16.5. The lowest BCUT2D eigenvalue weighted by Gasteiger charge is -2.37. The highest BCUT2D eigenvalue weighted by molar-refractivity contribution is 5.80. The average molecular weight is 331 g/mol. The predicted molar refractivity (Wildman–Crippen MR) is 96.3 cm³/mol. The molecule has 1 aromatic carbocycles. The van der Waals surface area contributed by atoms with Gasteiger partial charge in [-0.1, -0.05) is 24.3 Å². The second-order valence-corrected chi connectivity index (χ2v) is 6.50. The largest absolute Gasteiger partial charge is 0.375 e. The molecule has 0 spiro atoms. The molecule has 0 saturated carbocycles. The van der Waals surface area contributed by atoms with Crippen molar-refractivity contribution in [3.8, 4) is 0 Å². The molecule has 2 saturated heterocycles. The number of guanidine groups is 1. The third-order valence-corrected chi connectivity index (χ3v) is 4.77. The SMILES string of the molecule is CCNC(=NCc1ccccc1C)N1CCOC(C2CCCO2)C1. The van der Waals surface area contributed by atoms with Crippen molar-refractivity contribution in [3.05, 3.63) is 35.4 Å².